The average molecular weight is 227 g/mol. The van der Waals surface area contributed by atoms with E-state index in [-0.39, 0.29) is 11.4 Å². The molecular weight excluding hydrogens is 218 g/mol. The molecule has 1 aliphatic rings. The van der Waals surface area contributed by atoms with Gasteiger partial charge in [-0.15, -0.1) is 5.10 Å². The third-order valence-corrected chi connectivity index (χ3v) is 2.88. The molecule has 0 saturated heterocycles. The van der Waals surface area contributed by atoms with Crippen LogP contribution in [0.25, 0.3) is 0 Å². The summed E-state index contributed by atoms with van der Waals surface area (Å²) in [5, 5.41) is 34.6. The summed E-state index contributed by atoms with van der Waals surface area (Å²) >= 11 is 0. The summed E-state index contributed by atoms with van der Waals surface area (Å²) in [6, 6.07) is 0. The van der Waals surface area contributed by atoms with E-state index in [1.165, 1.54) is 6.20 Å². The van der Waals surface area contributed by atoms with Crippen LogP contribution in [-0.2, 0) is 10.2 Å². The van der Waals surface area contributed by atoms with E-state index in [9.17, 15) is 20.0 Å². The van der Waals surface area contributed by atoms with Gasteiger partial charge in [-0.3, -0.25) is 0 Å². The number of carbonyl (C=O) groups is 1. The largest absolute Gasteiger partial charge is 0.479 e. The summed E-state index contributed by atoms with van der Waals surface area (Å²) < 4.78 is 0. The molecule has 16 heavy (non-hydrogen) atoms. The number of rotatable bonds is 4. The van der Waals surface area contributed by atoms with Crippen LogP contribution in [-0.4, -0.2) is 37.4 Å². The third-order valence-electron chi connectivity index (χ3n) is 2.88. The number of nitrogens with one attached hydrogen (secondary N) is 1. The highest BCUT2D eigenvalue weighted by molar-refractivity contribution is 5.76. The second-order valence-corrected chi connectivity index (χ2v) is 3.79. The van der Waals surface area contributed by atoms with Crippen molar-refractivity contribution in [2.75, 3.05) is 0 Å². The van der Waals surface area contributed by atoms with Crippen molar-refractivity contribution in [1.82, 2.24) is 10.2 Å². The van der Waals surface area contributed by atoms with Crippen LogP contribution in [0.15, 0.2) is 6.20 Å². The summed E-state index contributed by atoms with van der Waals surface area (Å²) in [5.74, 6) is -1.73. The van der Waals surface area contributed by atoms with Crippen LogP contribution < -0.4 is 0 Å². The highest BCUT2D eigenvalue weighted by Crippen LogP contribution is 2.53. The van der Waals surface area contributed by atoms with Crippen molar-refractivity contribution in [3.8, 4) is 0 Å². The first-order chi connectivity index (χ1) is 7.49. The van der Waals surface area contributed by atoms with Crippen molar-refractivity contribution in [2.24, 2.45) is 0 Å². The zero-order valence-electron chi connectivity index (χ0n) is 8.08. The van der Waals surface area contributed by atoms with Gasteiger partial charge in [0.2, 0.25) is 0 Å². The van der Waals surface area contributed by atoms with Gasteiger partial charge in [0.1, 0.15) is 0 Å². The van der Waals surface area contributed by atoms with Crippen molar-refractivity contribution in [3.05, 3.63) is 21.9 Å². The first-order valence-electron chi connectivity index (χ1n) is 4.58. The smallest absolute Gasteiger partial charge is 0.346 e. The predicted molar refractivity (Wildman–Crippen MR) is 49.8 cm³/mol. The summed E-state index contributed by atoms with van der Waals surface area (Å²) in [6.45, 7) is 0. The van der Waals surface area contributed by atoms with Crippen molar-refractivity contribution in [1.29, 1.82) is 0 Å². The monoisotopic (exact) mass is 227 g/mol. The second-order valence-electron chi connectivity index (χ2n) is 3.79. The Morgan fingerprint density at radius 1 is 1.69 bits per heavy atom. The van der Waals surface area contributed by atoms with Gasteiger partial charge in [-0.25, -0.2) is 4.79 Å². The maximum atomic E-state index is 10.7. The molecule has 1 unspecified atom stereocenters. The molecule has 1 aromatic rings. The lowest BCUT2D eigenvalue weighted by atomic mass is 9.92. The zero-order valence-corrected chi connectivity index (χ0v) is 8.08. The average Bonchev–Trinajstić information content (AvgIpc) is 2.86. The normalized spacial score (nSPS) is 19.1. The number of aromatic amines is 1. The third kappa shape index (κ3) is 1.34. The molecule has 1 atom stereocenters. The molecule has 8 nitrogen and oxygen atoms in total. The number of nitro groups is 1. The number of aliphatic hydroxyl groups is 1. The molecule has 0 radical (unpaired) electrons. The molecule has 1 aliphatic carbocycles. The minimum absolute atomic E-state index is 0.160. The Balaban J connectivity index is 2.41. The van der Waals surface area contributed by atoms with Gasteiger partial charge < -0.3 is 20.3 Å². The number of aliphatic hydroxyl groups excluding tert-OH is 1. The van der Waals surface area contributed by atoms with E-state index in [2.05, 4.69) is 10.2 Å². The standard InChI is InChI=1S/C8H9N3O5/c12-5(7(13)14)8(1-2-8)4-3-9-10-6(4)11(15)16/h3,5,12H,1-2H2,(H,9,10)(H,13,14). The Morgan fingerprint density at radius 3 is 2.75 bits per heavy atom. The van der Waals surface area contributed by atoms with Gasteiger partial charge in [-0.2, -0.15) is 0 Å². The molecular formula is C8H9N3O5. The van der Waals surface area contributed by atoms with Crippen LogP contribution in [0, 0.1) is 10.1 Å². The minimum atomic E-state index is -1.64. The van der Waals surface area contributed by atoms with E-state index in [4.69, 9.17) is 5.11 Å². The number of carboxylic acids is 1. The molecule has 86 valence electrons. The lowest BCUT2D eigenvalue weighted by Crippen LogP contribution is -2.34. The van der Waals surface area contributed by atoms with E-state index < -0.39 is 22.4 Å². The molecule has 0 spiro atoms. The summed E-state index contributed by atoms with van der Waals surface area (Å²) in [6.07, 6.45) is 0.377. The van der Waals surface area contributed by atoms with Crippen LogP contribution in [0.2, 0.25) is 0 Å². The van der Waals surface area contributed by atoms with Crippen molar-refractivity contribution in [2.45, 2.75) is 24.4 Å². The van der Waals surface area contributed by atoms with Gasteiger partial charge in [0, 0.05) is 5.41 Å². The predicted octanol–water partition coefficient (Wildman–Crippen LogP) is -0.205. The van der Waals surface area contributed by atoms with Crippen molar-refractivity contribution < 1.29 is 19.9 Å². The lowest BCUT2D eigenvalue weighted by molar-refractivity contribution is -0.390. The second kappa shape index (κ2) is 3.27. The lowest BCUT2D eigenvalue weighted by Gasteiger charge is -2.16. The van der Waals surface area contributed by atoms with Gasteiger partial charge >= 0.3 is 11.8 Å². The van der Waals surface area contributed by atoms with Gasteiger partial charge in [-0.1, -0.05) is 5.10 Å². The van der Waals surface area contributed by atoms with Crippen LogP contribution in [0.3, 0.4) is 0 Å². The van der Waals surface area contributed by atoms with E-state index in [1.54, 1.807) is 0 Å². The fourth-order valence-electron chi connectivity index (χ4n) is 1.84. The molecule has 8 heteroatoms. The topological polar surface area (TPSA) is 129 Å². The number of hydrogen-bond donors (Lipinski definition) is 3. The van der Waals surface area contributed by atoms with E-state index >= 15 is 0 Å². The maximum Gasteiger partial charge on any atom is 0.346 e. The summed E-state index contributed by atoms with van der Waals surface area (Å²) in [7, 11) is 0. The molecule has 0 bridgehead atoms. The highest BCUT2D eigenvalue weighted by Gasteiger charge is 2.57. The van der Waals surface area contributed by atoms with Crippen LogP contribution >= 0.6 is 0 Å². The van der Waals surface area contributed by atoms with E-state index in [1.807, 2.05) is 0 Å². The molecule has 1 heterocycles. The Labute approximate surface area is 89.1 Å². The quantitative estimate of drug-likeness (QED) is 0.482. The van der Waals surface area contributed by atoms with E-state index in [0.717, 1.165) is 0 Å². The molecule has 1 fully saturated rings. The Hall–Kier alpha value is -1.96. The SMILES string of the molecule is O=C(O)C(O)C1(c2cn[nH]c2[N+](=O)[O-])CC1. The van der Waals surface area contributed by atoms with Crippen molar-refractivity contribution >= 4 is 11.8 Å². The van der Waals surface area contributed by atoms with Crippen LogP contribution in [0.1, 0.15) is 18.4 Å². The first kappa shape index (κ1) is 10.6. The molecule has 3 N–H and O–H groups in total. The highest BCUT2D eigenvalue weighted by atomic mass is 16.6. The Morgan fingerprint density at radius 2 is 2.31 bits per heavy atom. The fourth-order valence-corrected chi connectivity index (χ4v) is 1.84. The summed E-state index contributed by atoms with van der Waals surface area (Å²) in [5.41, 5.74) is -0.895. The van der Waals surface area contributed by atoms with Crippen molar-refractivity contribution in [3.63, 3.8) is 0 Å². The number of aromatic nitrogens is 2. The number of H-pyrrole nitrogens is 1. The maximum absolute atomic E-state index is 10.7. The number of carboxylic acid groups (broad SMARTS) is 1. The van der Waals surface area contributed by atoms with Gasteiger partial charge in [0.15, 0.2) is 6.10 Å². The molecule has 0 amide bonds. The van der Waals surface area contributed by atoms with E-state index in [0.29, 0.717) is 12.8 Å². The Kier molecular flexibility index (Phi) is 2.16. The molecule has 1 saturated carbocycles. The van der Waals surface area contributed by atoms with Gasteiger partial charge in [0.05, 0.1) is 11.8 Å². The number of nitrogens with zero attached hydrogens (tertiary/aromatic N) is 2. The minimum Gasteiger partial charge on any atom is -0.479 e. The number of aliphatic carboxylic acids is 1. The Bertz CT molecular complexity index is 450. The first-order valence-corrected chi connectivity index (χ1v) is 4.58. The molecule has 0 aromatic carbocycles. The van der Waals surface area contributed by atoms with Gasteiger partial charge in [-0.05, 0) is 17.8 Å². The fraction of sp³-hybridized carbons (Fsp3) is 0.500. The van der Waals surface area contributed by atoms with Crippen LogP contribution in [0.5, 0.6) is 0 Å². The number of hydrogen-bond acceptors (Lipinski definition) is 5. The molecule has 2 rings (SSSR count). The zero-order chi connectivity index (χ0) is 11.9. The molecule has 1 aromatic heterocycles. The van der Waals surface area contributed by atoms with Crippen LogP contribution in [0.4, 0.5) is 5.82 Å². The van der Waals surface area contributed by atoms with Gasteiger partial charge in [0.25, 0.3) is 0 Å². The molecule has 0 aliphatic heterocycles. The summed E-state index contributed by atoms with van der Waals surface area (Å²) in [4.78, 5) is 20.7.